The maximum Gasteiger partial charge on any atom is 0.151 e. The molecule has 5 nitrogen and oxygen atoms in total. The van der Waals surface area contributed by atoms with Gasteiger partial charge in [-0.25, -0.2) is 0 Å². The molecule has 2 aromatic rings. The number of halogens is 1. The number of nitrogens with zero attached hydrogens (tertiary/aromatic N) is 2. The van der Waals surface area contributed by atoms with Gasteiger partial charge in [0, 0.05) is 37.9 Å². The first-order valence-corrected chi connectivity index (χ1v) is 8.19. The highest BCUT2D eigenvalue weighted by atomic mass is 35.5. The number of hydrogen-bond acceptors (Lipinski definition) is 5. The van der Waals surface area contributed by atoms with Gasteiger partial charge in [0.1, 0.15) is 5.69 Å². The van der Waals surface area contributed by atoms with Crippen LogP contribution in [0.4, 0.5) is 0 Å². The lowest BCUT2D eigenvalue weighted by Gasteiger charge is -2.37. The van der Waals surface area contributed by atoms with Gasteiger partial charge >= 0.3 is 0 Å². The summed E-state index contributed by atoms with van der Waals surface area (Å²) in [7, 11) is 1.78. The monoisotopic (exact) mass is 351 g/mol. The fraction of sp³-hybridized carbons (Fsp3) is 0.500. The van der Waals surface area contributed by atoms with Crippen molar-refractivity contribution < 1.29 is 9.26 Å². The highest BCUT2D eigenvalue weighted by Crippen LogP contribution is 2.24. The first-order valence-electron chi connectivity index (χ1n) is 8.19. The number of likely N-dealkylation sites (tertiary alicyclic amines) is 1. The topological polar surface area (TPSA) is 64.5 Å². The summed E-state index contributed by atoms with van der Waals surface area (Å²) in [5, 5.41) is 4.21. The molecule has 3 rings (SSSR count). The van der Waals surface area contributed by atoms with Crippen molar-refractivity contribution in [2.75, 3.05) is 20.2 Å². The predicted molar refractivity (Wildman–Crippen MR) is 97.2 cm³/mol. The number of ether oxygens (including phenoxy) is 1. The molecule has 2 N–H and O–H groups in total. The maximum absolute atomic E-state index is 5.93. The molecular formula is C18H26ClN3O2. The van der Waals surface area contributed by atoms with Crippen molar-refractivity contribution in [1.82, 2.24) is 10.1 Å². The number of piperidine rings is 1. The van der Waals surface area contributed by atoms with Crippen LogP contribution in [0.1, 0.15) is 24.2 Å². The average Bonchev–Trinajstić information content (AvgIpc) is 3.04. The number of hydrogen-bond donors (Lipinski definition) is 1. The van der Waals surface area contributed by atoms with Crippen LogP contribution >= 0.6 is 12.4 Å². The third kappa shape index (κ3) is 4.36. The molecule has 0 aliphatic carbocycles. The zero-order chi connectivity index (χ0) is 16.2. The maximum atomic E-state index is 5.93. The fourth-order valence-electron chi connectivity index (χ4n) is 3.18. The summed E-state index contributed by atoms with van der Waals surface area (Å²) in [6, 6.07) is 10.7. The Hall–Kier alpha value is -1.40. The Bertz CT molecular complexity index is 629. The molecule has 1 saturated heterocycles. The first-order chi connectivity index (χ1) is 11.2. The molecule has 1 aliphatic heterocycles. The van der Waals surface area contributed by atoms with Crippen molar-refractivity contribution >= 4 is 12.4 Å². The van der Waals surface area contributed by atoms with Crippen molar-refractivity contribution in [3.63, 3.8) is 0 Å². The van der Waals surface area contributed by atoms with Crippen LogP contribution in [0, 0.1) is 6.92 Å². The number of benzene rings is 1. The average molecular weight is 352 g/mol. The van der Waals surface area contributed by atoms with Gasteiger partial charge in [-0.05, 0) is 19.8 Å². The Labute approximate surface area is 149 Å². The summed E-state index contributed by atoms with van der Waals surface area (Å²) in [6.07, 6.45) is 2.33. The van der Waals surface area contributed by atoms with Gasteiger partial charge in [0.2, 0.25) is 0 Å². The van der Waals surface area contributed by atoms with Crippen LogP contribution in [0.25, 0.3) is 11.3 Å². The number of nitrogens with two attached hydrogens (primary N) is 1. The van der Waals surface area contributed by atoms with Crippen LogP contribution in [0.15, 0.2) is 34.9 Å². The van der Waals surface area contributed by atoms with Crippen molar-refractivity contribution in [3.8, 4) is 11.3 Å². The smallest absolute Gasteiger partial charge is 0.151 e. The molecule has 1 fully saturated rings. The van der Waals surface area contributed by atoms with Crippen LogP contribution < -0.4 is 5.73 Å². The molecule has 0 spiro atoms. The molecule has 2 unspecified atom stereocenters. The third-order valence-electron chi connectivity index (χ3n) is 4.66. The molecule has 2 atom stereocenters. The molecule has 0 bridgehead atoms. The van der Waals surface area contributed by atoms with Crippen molar-refractivity contribution in [3.05, 3.63) is 41.7 Å². The number of methoxy groups -OCH3 is 1. The van der Waals surface area contributed by atoms with Gasteiger partial charge in [0.25, 0.3) is 0 Å². The second-order valence-electron chi connectivity index (χ2n) is 6.29. The lowest BCUT2D eigenvalue weighted by Crippen LogP contribution is -2.47. The summed E-state index contributed by atoms with van der Waals surface area (Å²) in [6.45, 7) is 4.44. The summed E-state index contributed by atoms with van der Waals surface area (Å²) < 4.78 is 11.0. The quantitative estimate of drug-likeness (QED) is 0.897. The number of aryl methyl sites for hydroxylation is 1. The lowest BCUT2D eigenvalue weighted by molar-refractivity contribution is 0.00738. The Morgan fingerprint density at radius 3 is 2.75 bits per heavy atom. The van der Waals surface area contributed by atoms with E-state index in [9.17, 15) is 0 Å². The second kappa shape index (κ2) is 8.62. The van der Waals surface area contributed by atoms with E-state index in [4.69, 9.17) is 15.0 Å². The second-order valence-corrected chi connectivity index (χ2v) is 6.29. The minimum Gasteiger partial charge on any atom is -0.381 e. The normalized spacial score (nSPS) is 21.5. The molecule has 2 heterocycles. The van der Waals surface area contributed by atoms with E-state index in [-0.39, 0.29) is 12.4 Å². The Morgan fingerprint density at radius 2 is 2.08 bits per heavy atom. The van der Waals surface area contributed by atoms with Gasteiger partial charge < -0.3 is 15.0 Å². The van der Waals surface area contributed by atoms with E-state index in [0.29, 0.717) is 18.7 Å². The largest absolute Gasteiger partial charge is 0.381 e. The molecule has 132 valence electrons. The predicted octanol–water partition coefficient (Wildman–Crippen LogP) is 3.01. The van der Waals surface area contributed by atoms with Crippen LogP contribution in [0.3, 0.4) is 0 Å². The molecule has 0 radical (unpaired) electrons. The van der Waals surface area contributed by atoms with Crippen LogP contribution in [0.5, 0.6) is 0 Å². The molecule has 0 amide bonds. The molecule has 1 aromatic carbocycles. The SMILES string of the molecule is COC1CCN(Cc2cc(-c3ccc(C)cc3)no2)C(CN)C1.Cl. The van der Waals surface area contributed by atoms with E-state index in [0.717, 1.165) is 42.9 Å². The molecule has 1 aliphatic rings. The van der Waals surface area contributed by atoms with Gasteiger partial charge in [0.15, 0.2) is 5.76 Å². The van der Waals surface area contributed by atoms with E-state index < -0.39 is 0 Å². The molecular weight excluding hydrogens is 326 g/mol. The van der Waals surface area contributed by atoms with E-state index in [1.165, 1.54) is 5.56 Å². The molecule has 6 heteroatoms. The lowest BCUT2D eigenvalue weighted by atomic mass is 9.99. The molecule has 0 saturated carbocycles. The standard InChI is InChI=1S/C18H25N3O2.ClH/c1-13-3-5-14(6-4-13)18-10-17(23-20-18)12-21-8-7-16(22-2)9-15(21)11-19;/h3-6,10,15-16H,7-9,11-12,19H2,1-2H3;1H. The van der Waals surface area contributed by atoms with Gasteiger partial charge in [-0.1, -0.05) is 35.0 Å². The van der Waals surface area contributed by atoms with Gasteiger partial charge in [-0.3, -0.25) is 4.90 Å². The number of rotatable bonds is 5. The minimum atomic E-state index is 0. The summed E-state index contributed by atoms with van der Waals surface area (Å²) in [4.78, 5) is 2.37. The van der Waals surface area contributed by atoms with E-state index in [2.05, 4.69) is 41.2 Å². The minimum absolute atomic E-state index is 0. The van der Waals surface area contributed by atoms with Crippen LogP contribution in [0.2, 0.25) is 0 Å². The molecule has 24 heavy (non-hydrogen) atoms. The number of aromatic nitrogens is 1. The molecule has 1 aromatic heterocycles. The van der Waals surface area contributed by atoms with Crippen molar-refractivity contribution in [2.45, 2.75) is 38.5 Å². The first kappa shape index (κ1) is 18.9. The highest BCUT2D eigenvalue weighted by molar-refractivity contribution is 5.85. The van der Waals surface area contributed by atoms with E-state index in [1.54, 1.807) is 7.11 Å². The third-order valence-corrected chi connectivity index (χ3v) is 4.66. The zero-order valence-corrected chi connectivity index (χ0v) is 15.1. The van der Waals surface area contributed by atoms with Crippen LogP contribution in [-0.4, -0.2) is 42.4 Å². The van der Waals surface area contributed by atoms with Gasteiger partial charge in [-0.15, -0.1) is 12.4 Å². The highest BCUT2D eigenvalue weighted by Gasteiger charge is 2.28. The Morgan fingerprint density at radius 1 is 1.33 bits per heavy atom. The zero-order valence-electron chi connectivity index (χ0n) is 14.3. The van der Waals surface area contributed by atoms with Crippen molar-refractivity contribution in [1.29, 1.82) is 0 Å². The van der Waals surface area contributed by atoms with Gasteiger partial charge in [-0.2, -0.15) is 0 Å². The van der Waals surface area contributed by atoms with E-state index >= 15 is 0 Å². The Balaban J connectivity index is 0.00000208. The summed E-state index contributed by atoms with van der Waals surface area (Å²) in [5.41, 5.74) is 9.14. The summed E-state index contributed by atoms with van der Waals surface area (Å²) >= 11 is 0. The Kier molecular flexibility index (Phi) is 6.80. The van der Waals surface area contributed by atoms with Crippen LogP contribution in [-0.2, 0) is 11.3 Å². The van der Waals surface area contributed by atoms with Crippen molar-refractivity contribution in [2.24, 2.45) is 5.73 Å². The van der Waals surface area contributed by atoms with E-state index in [1.807, 2.05) is 6.07 Å². The summed E-state index contributed by atoms with van der Waals surface area (Å²) in [5.74, 6) is 0.884. The van der Waals surface area contributed by atoms with Gasteiger partial charge in [0.05, 0.1) is 12.6 Å². The fourth-order valence-corrected chi connectivity index (χ4v) is 3.18.